The van der Waals surface area contributed by atoms with Crippen LogP contribution in [0.2, 0.25) is 0 Å². The summed E-state index contributed by atoms with van der Waals surface area (Å²) >= 11 is 0. The van der Waals surface area contributed by atoms with Crippen LogP contribution in [0.15, 0.2) is 42.5 Å². The van der Waals surface area contributed by atoms with Gasteiger partial charge in [-0.3, -0.25) is 9.59 Å². The maximum atomic E-state index is 13.9. The molecule has 210 valence electrons. The molecule has 2 aromatic carbocycles. The van der Waals surface area contributed by atoms with Crippen molar-refractivity contribution >= 4 is 23.6 Å². The predicted octanol–water partition coefficient (Wildman–Crippen LogP) is 5.61. The second-order valence-corrected chi connectivity index (χ2v) is 11.3. The van der Waals surface area contributed by atoms with E-state index in [1.165, 1.54) is 6.42 Å². The van der Waals surface area contributed by atoms with Gasteiger partial charge in [0.25, 0.3) is 11.8 Å². The van der Waals surface area contributed by atoms with Crippen molar-refractivity contribution in [2.45, 2.75) is 91.0 Å². The zero-order valence-corrected chi connectivity index (χ0v) is 23.8. The van der Waals surface area contributed by atoms with Crippen molar-refractivity contribution in [3.63, 3.8) is 0 Å². The second kappa shape index (κ2) is 12.1. The van der Waals surface area contributed by atoms with Crippen molar-refractivity contribution in [1.82, 2.24) is 10.2 Å². The van der Waals surface area contributed by atoms with E-state index in [4.69, 9.17) is 9.47 Å². The molecule has 8 nitrogen and oxygen atoms in total. The molecule has 1 heterocycles. The van der Waals surface area contributed by atoms with E-state index in [1.807, 2.05) is 48.2 Å². The number of amides is 3. The van der Waals surface area contributed by atoms with Crippen LogP contribution in [0.3, 0.4) is 0 Å². The van der Waals surface area contributed by atoms with Gasteiger partial charge in [0.15, 0.2) is 5.60 Å². The Balaban J connectivity index is 1.52. The number of nitrogens with zero attached hydrogens (tertiary/aromatic N) is 2. The number of aryl methyl sites for hydroxylation is 1. The lowest BCUT2D eigenvalue weighted by Gasteiger charge is -2.40. The highest BCUT2D eigenvalue weighted by Crippen LogP contribution is 2.40. The molecule has 0 aromatic heterocycles. The highest BCUT2D eigenvalue weighted by Gasteiger charge is 2.42. The van der Waals surface area contributed by atoms with Gasteiger partial charge < -0.3 is 24.6 Å². The zero-order valence-electron chi connectivity index (χ0n) is 23.8. The van der Waals surface area contributed by atoms with Gasteiger partial charge in [0.2, 0.25) is 0 Å². The van der Waals surface area contributed by atoms with Crippen molar-refractivity contribution in [3.8, 4) is 5.75 Å². The molecular weight excluding hydrogens is 494 g/mol. The molecule has 0 radical (unpaired) electrons. The number of carbonyl (C=O) groups excluding carboxylic acids is 3. The first-order valence-electron chi connectivity index (χ1n) is 14.0. The maximum absolute atomic E-state index is 13.9. The van der Waals surface area contributed by atoms with Gasteiger partial charge in [0, 0.05) is 30.7 Å². The Kier molecular flexibility index (Phi) is 8.83. The lowest BCUT2D eigenvalue weighted by molar-refractivity contribution is -0.132. The third-order valence-corrected chi connectivity index (χ3v) is 7.53. The number of carbonyl (C=O) groups is 3. The number of benzene rings is 2. The van der Waals surface area contributed by atoms with E-state index in [-0.39, 0.29) is 43.6 Å². The van der Waals surface area contributed by atoms with Gasteiger partial charge >= 0.3 is 6.09 Å². The van der Waals surface area contributed by atoms with Crippen molar-refractivity contribution in [1.29, 1.82) is 0 Å². The molecule has 8 heteroatoms. The lowest BCUT2D eigenvalue weighted by atomic mass is 9.92. The van der Waals surface area contributed by atoms with Crippen LogP contribution in [-0.4, -0.2) is 53.6 Å². The summed E-state index contributed by atoms with van der Waals surface area (Å²) in [5.41, 5.74) is 1.74. The number of hydrogen-bond donors (Lipinski definition) is 1. The fourth-order valence-corrected chi connectivity index (χ4v) is 5.53. The van der Waals surface area contributed by atoms with Crippen LogP contribution >= 0.6 is 0 Å². The average Bonchev–Trinajstić information content (AvgIpc) is 2.90. The van der Waals surface area contributed by atoms with Gasteiger partial charge in [-0.2, -0.15) is 0 Å². The summed E-state index contributed by atoms with van der Waals surface area (Å²) in [5, 5.41) is 2.73. The van der Waals surface area contributed by atoms with Gasteiger partial charge in [-0.15, -0.1) is 0 Å². The molecule has 1 aliphatic carbocycles. The predicted molar refractivity (Wildman–Crippen MR) is 151 cm³/mol. The summed E-state index contributed by atoms with van der Waals surface area (Å²) in [6.07, 6.45) is 4.96. The number of anilines is 1. The van der Waals surface area contributed by atoms with Crippen LogP contribution in [-0.2, 0) is 16.1 Å². The average molecular weight is 536 g/mol. The van der Waals surface area contributed by atoms with E-state index < -0.39 is 11.7 Å². The molecular formula is C31H41N3O5. The highest BCUT2D eigenvalue weighted by atomic mass is 16.5. The minimum atomic E-state index is -1.08. The molecule has 1 aliphatic heterocycles. The van der Waals surface area contributed by atoms with Crippen LogP contribution in [0.5, 0.6) is 5.75 Å². The monoisotopic (exact) mass is 535 g/mol. The summed E-state index contributed by atoms with van der Waals surface area (Å²) < 4.78 is 11.4. The Hall–Kier alpha value is -3.55. The van der Waals surface area contributed by atoms with Gasteiger partial charge in [0.1, 0.15) is 12.4 Å². The molecule has 1 N–H and O–H groups in total. The van der Waals surface area contributed by atoms with Crippen LogP contribution in [0.1, 0.15) is 81.3 Å². The number of nitrogens with one attached hydrogen (secondary N) is 1. The summed E-state index contributed by atoms with van der Waals surface area (Å²) in [5.74, 6) is 0.302. The van der Waals surface area contributed by atoms with Crippen LogP contribution < -0.4 is 15.0 Å². The van der Waals surface area contributed by atoms with E-state index in [9.17, 15) is 14.4 Å². The molecule has 39 heavy (non-hydrogen) atoms. The van der Waals surface area contributed by atoms with Gasteiger partial charge in [-0.25, -0.2) is 4.79 Å². The number of ether oxygens (including phenoxy) is 2. The summed E-state index contributed by atoms with van der Waals surface area (Å²) in [7, 11) is 0. The van der Waals surface area contributed by atoms with E-state index in [0.29, 0.717) is 17.0 Å². The quantitative estimate of drug-likeness (QED) is 0.475. The number of alkyl carbamates (subject to hydrolysis) is 1. The largest absolute Gasteiger partial charge is 0.476 e. The minimum Gasteiger partial charge on any atom is -0.476 e. The molecule has 0 spiro atoms. The Morgan fingerprint density at radius 3 is 2.49 bits per heavy atom. The van der Waals surface area contributed by atoms with Crippen LogP contribution in [0, 0.1) is 6.92 Å². The zero-order chi connectivity index (χ0) is 28.2. The molecule has 2 aliphatic rings. The number of fused-ring (bicyclic) bond motifs is 1. The molecule has 0 bridgehead atoms. The van der Waals surface area contributed by atoms with E-state index in [2.05, 4.69) is 19.2 Å². The SMILES string of the molecule is Cc1cc2c(cc1C(=O)N(C(C)C)C1CCCCC1)N(CCNC(=O)OCc1ccccc1)C(=O)C(C)(C)O2. The molecule has 2 aromatic rings. The van der Waals surface area contributed by atoms with Crippen molar-refractivity contribution in [2.75, 3.05) is 18.0 Å². The second-order valence-electron chi connectivity index (χ2n) is 11.3. The van der Waals surface area contributed by atoms with Crippen molar-refractivity contribution in [3.05, 3.63) is 59.2 Å². The van der Waals surface area contributed by atoms with Gasteiger partial charge in [-0.1, -0.05) is 49.6 Å². The van der Waals surface area contributed by atoms with Crippen LogP contribution in [0.25, 0.3) is 0 Å². The Labute approximate surface area is 231 Å². The molecule has 3 amide bonds. The number of rotatable bonds is 8. The molecule has 4 rings (SSSR count). The standard InChI is InChI=1S/C31H41N3O5/c1-21(2)34(24-14-10-7-11-15-24)28(35)25-19-26-27(18-22(25)3)39-31(4,5)29(36)33(26)17-16-32-30(37)38-20-23-12-8-6-9-13-23/h6,8-9,12-13,18-19,21,24H,7,10-11,14-17,20H2,1-5H3,(H,32,37). The lowest BCUT2D eigenvalue weighted by Crippen LogP contribution is -2.54. The van der Waals surface area contributed by atoms with Crippen molar-refractivity contribution < 1.29 is 23.9 Å². The van der Waals surface area contributed by atoms with E-state index in [1.54, 1.807) is 24.8 Å². The van der Waals surface area contributed by atoms with E-state index >= 15 is 0 Å². The maximum Gasteiger partial charge on any atom is 0.407 e. The molecule has 0 saturated heterocycles. The molecule has 1 saturated carbocycles. The Bertz CT molecular complexity index is 1190. The van der Waals surface area contributed by atoms with Gasteiger partial charge in [0.05, 0.1) is 5.69 Å². The Morgan fingerprint density at radius 2 is 1.82 bits per heavy atom. The van der Waals surface area contributed by atoms with E-state index in [0.717, 1.165) is 36.8 Å². The summed E-state index contributed by atoms with van der Waals surface area (Å²) in [6, 6.07) is 13.4. The third-order valence-electron chi connectivity index (χ3n) is 7.53. The number of hydrogen-bond acceptors (Lipinski definition) is 5. The summed E-state index contributed by atoms with van der Waals surface area (Å²) in [6.45, 7) is 10.0. The normalized spacial score (nSPS) is 16.9. The summed E-state index contributed by atoms with van der Waals surface area (Å²) in [4.78, 5) is 43.2. The van der Waals surface area contributed by atoms with Crippen molar-refractivity contribution in [2.24, 2.45) is 0 Å². The first kappa shape index (κ1) is 28.5. The fraction of sp³-hybridized carbons (Fsp3) is 0.516. The van der Waals surface area contributed by atoms with Gasteiger partial charge in [-0.05, 0) is 70.7 Å². The molecule has 1 fully saturated rings. The fourth-order valence-electron chi connectivity index (χ4n) is 5.53. The minimum absolute atomic E-state index is 0.0166. The topological polar surface area (TPSA) is 88.2 Å². The first-order chi connectivity index (χ1) is 18.6. The smallest absolute Gasteiger partial charge is 0.407 e. The van der Waals surface area contributed by atoms with Crippen LogP contribution in [0.4, 0.5) is 10.5 Å². The third kappa shape index (κ3) is 6.54. The molecule has 0 unspecified atom stereocenters. The Morgan fingerprint density at radius 1 is 1.13 bits per heavy atom. The first-order valence-corrected chi connectivity index (χ1v) is 14.0. The highest BCUT2D eigenvalue weighted by molar-refractivity contribution is 6.05. The molecule has 0 atom stereocenters.